The highest BCUT2D eigenvalue weighted by molar-refractivity contribution is 5.96. The highest BCUT2D eigenvalue weighted by Gasteiger charge is 2.28. The summed E-state index contributed by atoms with van der Waals surface area (Å²) in [4.78, 5) is 26.4. The predicted octanol–water partition coefficient (Wildman–Crippen LogP) is 1.83. The van der Waals surface area contributed by atoms with Crippen LogP contribution in [0.15, 0.2) is 18.2 Å². The lowest BCUT2D eigenvalue weighted by Gasteiger charge is -2.31. The topological polar surface area (TPSA) is 70.7 Å². The number of nitrogens with zero attached hydrogens (tertiary/aromatic N) is 1. The number of rotatable bonds is 2. The van der Waals surface area contributed by atoms with E-state index in [-0.39, 0.29) is 11.9 Å². The van der Waals surface area contributed by atoms with Crippen LogP contribution in [0.3, 0.4) is 0 Å². The summed E-state index contributed by atoms with van der Waals surface area (Å²) in [5.41, 5.74) is 2.01. The number of hydrogen-bond donors (Lipinski definition) is 2. The number of amides is 3. The van der Waals surface area contributed by atoms with E-state index in [1.165, 1.54) is 0 Å². The zero-order valence-corrected chi connectivity index (χ0v) is 13.4. The summed E-state index contributed by atoms with van der Waals surface area (Å²) < 4.78 is 5.25. The first-order valence-electron chi connectivity index (χ1n) is 8.21. The largest absolute Gasteiger partial charge is 0.497 e. The Morgan fingerprint density at radius 3 is 3.04 bits per heavy atom. The van der Waals surface area contributed by atoms with Crippen molar-refractivity contribution in [3.8, 4) is 5.75 Å². The highest BCUT2D eigenvalue weighted by atomic mass is 16.5. The van der Waals surface area contributed by atoms with Gasteiger partial charge in [-0.2, -0.15) is 0 Å². The zero-order chi connectivity index (χ0) is 16.2. The smallest absolute Gasteiger partial charge is 0.322 e. The van der Waals surface area contributed by atoms with Crippen molar-refractivity contribution in [2.24, 2.45) is 0 Å². The second-order valence-electron chi connectivity index (χ2n) is 6.04. The van der Waals surface area contributed by atoms with E-state index in [2.05, 4.69) is 10.6 Å². The fourth-order valence-corrected chi connectivity index (χ4v) is 3.22. The minimum absolute atomic E-state index is 0.0807. The van der Waals surface area contributed by atoms with Crippen LogP contribution >= 0.6 is 0 Å². The van der Waals surface area contributed by atoms with E-state index in [1.54, 1.807) is 12.0 Å². The molecule has 3 amide bonds. The molecule has 0 saturated carbocycles. The van der Waals surface area contributed by atoms with Crippen molar-refractivity contribution in [3.05, 3.63) is 23.8 Å². The Balaban J connectivity index is 1.74. The van der Waals surface area contributed by atoms with Gasteiger partial charge >= 0.3 is 6.03 Å². The van der Waals surface area contributed by atoms with Gasteiger partial charge in [-0.15, -0.1) is 0 Å². The van der Waals surface area contributed by atoms with Crippen molar-refractivity contribution in [2.75, 3.05) is 25.1 Å². The number of nitrogens with one attached hydrogen (secondary N) is 2. The number of benzene rings is 1. The summed E-state index contributed by atoms with van der Waals surface area (Å²) in [7, 11) is 1.64. The highest BCUT2D eigenvalue weighted by Crippen LogP contribution is 2.30. The van der Waals surface area contributed by atoms with Crippen LogP contribution < -0.4 is 20.3 Å². The molecule has 0 radical (unpaired) electrons. The molecule has 2 heterocycles. The van der Waals surface area contributed by atoms with Crippen LogP contribution in [0.5, 0.6) is 5.75 Å². The Bertz CT molecular complexity index is 603. The van der Waals surface area contributed by atoms with Gasteiger partial charge in [0, 0.05) is 18.8 Å². The molecule has 0 unspecified atom stereocenters. The van der Waals surface area contributed by atoms with Gasteiger partial charge in [0.1, 0.15) is 11.8 Å². The number of methoxy groups -OCH3 is 1. The molecule has 1 saturated heterocycles. The first kappa shape index (κ1) is 15.6. The quantitative estimate of drug-likeness (QED) is 0.874. The molecule has 2 aliphatic rings. The summed E-state index contributed by atoms with van der Waals surface area (Å²) in [5, 5.41) is 5.74. The maximum Gasteiger partial charge on any atom is 0.322 e. The van der Waals surface area contributed by atoms with Crippen LogP contribution in [0.1, 0.15) is 31.2 Å². The summed E-state index contributed by atoms with van der Waals surface area (Å²) in [5.74, 6) is 0.719. The van der Waals surface area contributed by atoms with E-state index >= 15 is 0 Å². The minimum Gasteiger partial charge on any atom is -0.497 e. The van der Waals surface area contributed by atoms with Gasteiger partial charge < -0.3 is 15.4 Å². The molecule has 0 bridgehead atoms. The van der Waals surface area contributed by atoms with Gasteiger partial charge in [0.2, 0.25) is 5.91 Å². The number of carbonyl (C=O) groups is 2. The Kier molecular flexibility index (Phi) is 4.69. The van der Waals surface area contributed by atoms with Crippen molar-refractivity contribution in [2.45, 2.75) is 38.1 Å². The van der Waals surface area contributed by atoms with E-state index in [4.69, 9.17) is 4.74 Å². The van der Waals surface area contributed by atoms with Gasteiger partial charge in [0.25, 0.3) is 0 Å². The Labute approximate surface area is 136 Å². The minimum atomic E-state index is -0.436. The number of fused-ring (bicyclic) bond motifs is 1. The van der Waals surface area contributed by atoms with Gasteiger partial charge in [-0.05, 0) is 55.9 Å². The third-order valence-electron chi connectivity index (χ3n) is 4.48. The number of hydrogen-bond acceptors (Lipinski definition) is 3. The maximum atomic E-state index is 12.6. The fraction of sp³-hybridized carbons (Fsp3) is 0.529. The lowest BCUT2D eigenvalue weighted by atomic mass is 10.0. The number of ether oxygens (including phenoxy) is 1. The Hall–Kier alpha value is -2.24. The first-order valence-corrected chi connectivity index (χ1v) is 8.21. The van der Waals surface area contributed by atoms with Crippen LogP contribution in [-0.4, -0.2) is 38.2 Å². The molecule has 2 aliphatic heterocycles. The normalized spacial score (nSPS) is 21.0. The van der Waals surface area contributed by atoms with Crippen molar-refractivity contribution in [1.82, 2.24) is 10.6 Å². The van der Waals surface area contributed by atoms with Crippen molar-refractivity contribution >= 4 is 17.6 Å². The standard InChI is InChI=1S/C17H23N3O3/c1-23-13-7-8-15-12(11-13)5-4-10-20(15)17(22)19-14-6-2-3-9-18-16(14)21/h7-8,11,14H,2-6,9-10H2,1H3,(H,18,21)(H,19,22)/t14-/m0/s1. The Morgan fingerprint density at radius 1 is 1.35 bits per heavy atom. The third-order valence-corrected chi connectivity index (χ3v) is 4.48. The monoisotopic (exact) mass is 317 g/mol. The molecular formula is C17H23N3O3. The molecule has 3 rings (SSSR count). The number of aryl methyl sites for hydroxylation is 1. The van der Waals surface area contributed by atoms with Crippen LogP contribution in [0.4, 0.5) is 10.5 Å². The second-order valence-corrected chi connectivity index (χ2v) is 6.04. The molecule has 6 heteroatoms. The predicted molar refractivity (Wildman–Crippen MR) is 87.8 cm³/mol. The summed E-state index contributed by atoms with van der Waals surface area (Å²) in [6.45, 7) is 1.36. The molecule has 0 aliphatic carbocycles. The van der Waals surface area contributed by atoms with Crippen LogP contribution in [0.25, 0.3) is 0 Å². The van der Waals surface area contributed by atoms with Crippen LogP contribution in [-0.2, 0) is 11.2 Å². The molecule has 2 N–H and O–H groups in total. The Morgan fingerprint density at radius 2 is 2.22 bits per heavy atom. The van der Waals surface area contributed by atoms with Gasteiger partial charge in [-0.3, -0.25) is 9.69 Å². The fourth-order valence-electron chi connectivity index (χ4n) is 3.22. The number of carbonyl (C=O) groups excluding carboxylic acids is 2. The van der Waals surface area contributed by atoms with E-state index in [0.29, 0.717) is 19.5 Å². The van der Waals surface area contributed by atoms with E-state index in [0.717, 1.165) is 42.7 Å². The van der Waals surface area contributed by atoms with Crippen LogP contribution in [0, 0.1) is 0 Å². The van der Waals surface area contributed by atoms with Gasteiger partial charge in [0.15, 0.2) is 0 Å². The molecule has 1 aromatic rings. The molecule has 1 atom stereocenters. The molecule has 1 fully saturated rings. The average Bonchev–Trinajstić information content (AvgIpc) is 2.78. The van der Waals surface area contributed by atoms with E-state index in [1.807, 2.05) is 18.2 Å². The van der Waals surface area contributed by atoms with E-state index < -0.39 is 6.04 Å². The lowest BCUT2D eigenvalue weighted by molar-refractivity contribution is -0.122. The lowest BCUT2D eigenvalue weighted by Crippen LogP contribution is -2.51. The van der Waals surface area contributed by atoms with E-state index in [9.17, 15) is 9.59 Å². The summed E-state index contributed by atoms with van der Waals surface area (Å²) in [6, 6.07) is 5.13. The number of urea groups is 1. The zero-order valence-electron chi connectivity index (χ0n) is 13.4. The molecule has 0 spiro atoms. The molecule has 6 nitrogen and oxygen atoms in total. The SMILES string of the molecule is COc1ccc2c(c1)CCCN2C(=O)N[C@H]1CCCCNC1=O. The second kappa shape index (κ2) is 6.89. The molecule has 124 valence electrons. The number of anilines is 1. The third kappa shape index (κ3) is 3.41. The van der Waals surface area contributed by atoms with Gasteiger partial charge in [-0.25, -0.2) is 4.79 Å². The van der Waals surface area contributed by atoms with Crippen molar-refractivity contribution in [3.63, 3.8) is 0 Å². The van der Waals surface area contributed by atoms with Gasteiger partial charge in [0.05, 0.1) is 7.11 Å². The molecular weight excluding hydrogens is 294 g/mol. The summed E-state index contributed by atoms with van der Waals surface area (Å²) in [6.07, 6.45) is 4.44. The maximum absolute atomic E-state index is 12.6. The first-order chi connectivity index (χ1) is 11.2. The average molecular weight is 317 g/mol. The van der Waals surface area contributed by atoms with Gasteiger partial charge in [-0.1, -0.05) is 0 Å². The van der Waals surface area contributed by atoms with Crippen LogP contribution in [0.2, 0.25) is 0 Å². The summed E-state index contributed by atoms with van der Waals surface area (Å²) >= 11 is 0. The van der Waals surface area contributed by atoms with Crippen molar-refractivity contribution < 1.29 is 14.3 Å². The molecule has 23 heavy (non-hydrogen) atoms. The molecule has 0 aromatic heterocycles. The molecule has 1 aromatic carbocycles. The van der Waals surface area contributed by atoms with Crippen molar-refractivity contribution in [1.29, 1.82) is 0 Å².